The number of methoxy groups -OCH3 is 1. The molecule has 0 radical (unpaired) electrons. The van der Waals surface area contributed by atoms with Gasteiger partial charge in [0.15, 0.2) is 0 Å². The van der Waals surface area contributed by atoms with E-state index in [9.17, 15) is 4.79 Å². The van der Waals surface area contributed by atoms with Gasteiger partial charge >= 0.3 is 5.97 Å². The molecule has 0 unspecified atom stereocenters. The van der Waals surface area contributed by atoms with Gasteiger partial charge in [0.25, 0.3) is 0 Å². The third kappa shape index (κ3) is 2.38. The van der Waals surface area contributed by atoms with Gasteiger partial charge in [-0.05, 0) is 37.0 Å². The fourth-order valence-electron chi connectivity index (χ4n) is 2.06. The normalized spacial score (nSPS) is 14.4. The number of hydrogen-bond donors (Lipinski definition) is 0. The van der Waals surface area contributed by atoms with Gasteiger partial charge in [0, 0.05) is 11.6 Å². The number of pyridine rings is 1. The zero-order valence-corrected chi connectivity index (χ0v) is 10.8. The Morgan fingerprint density at radius 2 is 2.21 bits per heavy atom. The molecule has 4 nitrogen and oxygen atoms in total. The van der Waals surface area contributed by atoms with Crippen LogP contribution in [-0.4, -0.2) is 24.7 Å². The van der Waals surface area contributed by atoms with E-state index >= 15 is 0 Å². The van der Waals surface area contributed by atoms with Crippen molar-refractivity contribution < 1.29 is 14.3 Å². The summed E-state index contributed by atoms with van der Waals surface area (Å²) < 4.78 is 10.6. The van der Waals surface area contributed by atoms with E-state index in [4.69, 9.17) is 9.47 Å². The van der Waals surface area contributed by atoms with Crippen molar-refractivity contribution in [1.29, 1.82) is 0 Å². The number of carbonyl (C=O) groups excluding carboxylic acids is 1. The lowest BCUT2D eigenvalue weighted by molar-refractivity contribution is 0.0485. The van der Waals surface area contributed by atoms with Crippen LogP contribution in [-0.2, 0) is 4.74 Å². The molecule has 1 aromatic heterocycles. The molecule has 1 aliphatic carbocycles. The molecule has 0 atom stereocenters. The van der Waals surface area contributed by atoms with Gasteiger partial charge in [-0.25, -0.2) is 4.79 Å². The molecule has 4 heteroatoms. The first kappa shape index (κ1) is 12.0. The van der Waals surface area contributed by atoms with E-state index in [0.717, 1.165) is 23.7 Å². The summed E-state index contributed by atoms with van der Waals surface area (Å²) in [5, 5.41) is 0.766. The van der Waals surface area contributed by atoms with Crippen molar-refractivity contribution in [2.45, 2.75) is 12.8 Å². The van der Waals surface area contributed by atoms with E-state index in [1.807, 2.05) is 12.1 Å². The number of hydrogen-bond acceptors (Lipinski definition) is 4. The number of nitrogens with zero attached hydrogens (tertiary/aromatic N) is 1. The zero-order valence-electron chi connectivity index (χ0n) is 10.8. The van der Waals surface area contributed by atoms with Gasteiger partial charge in [-0.3, -0.25) is 4.98 Å². The fraction of sp³-hybridized carbons (Fsp3) is 0.333. The Kier molecular flexibility index (Phi) is 3.07. The highest BCUT2D eigenvalue weighted by atomic mass is 16.5. The van der Waals surface area contributed by atoms with Crippen LogP contribution in [0.1, 0.15) is 23.2 Å². The Hall–Kier alpha value is -2.10. The second-order valence-corrected chi connectivity index (χ2v) is 4.75. The number of fused-ring (bicyclic) bond motifs is 1. The van der Waals surface area contributed by atoms with E-state index in [2.05, 4.69) is 4.98 Å². The summed E-state index contributed by atoms with van der Waals surface area (Å²) in [5.41, 5.74) is 1.23. The highest BCUT2D eigenvalue weighted by Gasteiger charge is 2.25. The van der Waals surface area contributed by atoms with Crippen molar-refractivity contribution in [3.05, 3.63) is 36.0 Å². The summed E-state index contributed by atoms with van der Waals surface area (Å²) in [6, 6.07) is 7.26. The van der Waals surface area contributed by atoms with E-state index < -0.39 is 0 Å². The second-order valence-electron chi connectivity index (χ2n) is 4.75. The quantitative estimate of drug-likeness (QED) is 0.790. The van der Waals surface area contributed by atoms with Crippen LogP contribution >= 0.6 is 0 Å². The van der Waals surface area contributed by atoms with Gasteiger partial charge in [0.1, 0.15) is 11.3 Å². The predicted molar refractivity (Wildman–Crippen MR) is 71.3 cm³/mol. The molecule has 2 aromatic rings. The highest BCUT2D eigenvalue weighted by molar-refractivity contribution is 6.06. The number of benzene rings is 1. The average molecular weight is 257 g/mol. The highest BCUT2D eigenvalue weighted by Crippen LogP contribution is 2.31. The van der Waals surface area contributed by atoms with Crippen LogP contribution in [0.4, 0.5) is 0 Å². The molecule has 0 spiro atoms. The lowest BCUT2D eigenvalue weighted by Gasteiger charge is -2.11. The summed E-state index contributed by atoms with van der Waals surface area (Å²) in [6.07, 6.45) is 4.01. The largest absolute Gasteiger partial charge is 0.496 e. The number of aromatic nitrogens is 1. The Labute approximate surface area is 111 Å². The maximum Gasteiger partial charge on any atom is 0.342 e. The topological polar surface area (TPSA) is 48.4 Å². The molecule has 1 heterocycles. The molecule has 1 aliphatic rings. The maximum atomic E-state index is 12.2. The van der Waals surface area contributed by atoms with E-state index in [0.29, 0.717) is 23.8 Å². The van der Waals surface area contributed by atoms with Crippen LogP contribution in [0.5, 0.6) is 5.75 Å². The Morgan fingerprint density at radius 1 is 1.37 bits per heavy atom. The van der Waals surface area contributed by atoms with Crippen molar-refractivity contribution >= 4 is 16.9 Å². The molecular formula is C15H15NO3. The molecule has 1 saturated carbocycles. The van der Waals surface area contributed by atoms with Crippen molar-refractivity contribution in [2.75, 3.05) is 13.7 Å². The summed E-state index contributed by atoms with van der Waals surface area (Å²) >= 11 is 0. The van der Waals surface area contributed by atoms with Crippen LogP contribution < -0.4 is 4.74 Å². The van der Waals surface area contributed by atoms with Crippen LogP contribution in [0.25, 0.3) is 10.9 Å². The fourth-order valence-corrected chi connectivity index (χ4v) is 2.06. The lowest BCUT2D eigenvalue weighted by atomic mass is 10.1. The van der Waals surface area contributed by atoms with Crippen LogP contribution in [0.2, 0.25) is 0 Å². The second kappa shape index (κ2) is 4.88. The minimum Gasteiger partial charge on any atom is -0.496 e. The molecule has 1 aromatic carbocycles. The van der Waals surface area contributed by atoms with Crippen molar-refractivity contribution in [3.63, 3.8) is 0 Å². The minimum absolute atomic E-state index is 0.331. The molecule has 0 saturated heterocycles. The van der Waals surface area contributed by atoms with Gasteiger partial charge in [-0.15, -0.1) is 0 Å². The molecule has 0 amide bonds. The van der Waals surface area contributed by atoms with E-state index in [1.54, 1.807) is 25.4 Å². The summed E-state index contributed by atoms with van der Waals surface area (Å²) in [6.45, 7) is 0.499. The molecule has 3 rings (SSSR count). The minimum atomic E-state index is -0.331. The van der Waals surface area contributed by atoms with Gasteiger partial charge in [0.2, 0.25) is 0 Å². The summed E-state index contributed by atoms with van der Waals surface area (Å²) in [7, 11) is 1.55. The zero-order chi connectivity index (χ0) is 13.2. The number of carbonyl (C=O) groups is 1. The first-order chi connectivity index (χ1) is 9.29. The molecule has 1 fully saturated rings. The standard InChI is InChI=1S/C15H15NO3/c1-18-13-7-6-12-11(3-2-8-16-12)14(13)15(17)19-9-10-4-5-10/h2-3,6-8,10H,4-5,9H2,1H3. The third-order valence-electron chi connectivity index (χ3n) is 3.32. The smallest absolute Gasteiger partial charge is 0.342 e. The first-order valence-corrected chi connectivity index (χ1v) is 6.38. The van der Waals surface area contributed by atoms with E-state index in [1.165, 1.54) is 0 Å². The number of esters is 1. The van der Waals surface area contributed by atoms with E-state index in [-0.39, 0.29) is 5.97 Å². The van der Waals surface area contributed by atoms with Gasteiger partial charge in [0.05, 0.1) is 19.2 Å². The Bertz CT molecular complexity index is 620. The van der Waals surface area contributed by atoms with Crippen molar-refractivity contribution in [3.8, 4) is 5.75 Å². The van der Waals surface area contributed by atoms with Crippen molar-refractivity contribution in [1.82, 2.24) is 4.98 Å². The summed E-state index contributed by atoms with van der Waals surface area (Å²) in [4.78, 5) is 16.5. The molecule has 98 valence electrons. The molecule has 0 N–H and O–H groups in total. The summed E-state index contributed by atoms with van der Waals surface area (Å²) in [5.74, 6) is 0.742. The molecular weight excluding hydrogens is 242 g/mol. The number of ether oxygens (including phenoxy) is 2. The monoisotopic (exact) mass is 257 g/mol. The van der Waals surface area contributed by atoms with Gasteiger partial charge in [-0.2, -0.15) is 0 Å². The first-order valence-electron chi connectivity index (χ1n) is 6.38. The average Bonchev–Trinajstić information content (AvgIpc) is 3.27. The molecule has 19 heavy (non-hydrogen) atoms. The maximum absolute atomic E-state index is 12.2. The molecule has 0 aliphatic heterocycles. The Balaban J connectivity index is 2.00. The van der Waals surface area contributed by atoms with Crippen molar-refractivity contribution in [2.24, 2.45) is 5.92 Å². The van der Waals surface area contributed by atoms with Gasteiger partial charge in [-0.1, -0.05) is 6.07 Å². The third-order valence-corrected chi connectivity index (χ3v) is 3.32. The lowest BCUT2D eigenvalue weighted by Crippen LogP contribution is -2.10. The van der Waals surface area contributed by atoms with Gasteiger partial charge < -0.3 is 9.47 Å². The predicted octanol–water partition coefficient (Wildman–Crippen LogP) is 2.81. The number of rotatable bonds is 4. The van der Waals surface area contributed by atoms with Crippen LogP contribution in [0, 0.1) is 5.92 Å². The van der Waals surface area contributed by atoms with Crippen LogP contribution in [0.15, 0.2) is 30.5 Å². The SMILES string of the molecule is COc1ccc2ncccc2c1C(=O)OCC1CC1. The van der Waals surface area contributed by atoms with Crippen LogP contribution in [0.3, 0.4) is 0 Å². The Morgan fingerprint density at radius 3 is 2.95 bits per heavy atom. The molecule has 0 bridgehead atoms.